The summed E-state index contributed by atoms with van der Waals surface area (Å²) in [4.78, 5) is 27.6. The molecule has 3 aromatic carbocycles. The van der Waals surface area contributed by atoms with Gasteiger partial charge in [0.15, 0.2) is 5.11 Å². The van der Waals surface area contributed by atoms with Crippen molar-refractivity contribution >= 4 is 73.5 Å². The highest BCUT2D eigenvalue weighted by Crippen LogP contribution is 2.37. The Labute approximate surface area is 211 Å². The van der Waals surface area contributed by atoms with Gasteiger partial charge in [0.1, 0.15) is 10.6 Å². The zero-order valence-corrected chi connectivity index (χ0v) is 20.7. The lowest BCUT2D eigenvalue weighted by atomic mass is 10.1. The van der Waals surface area contributed by atoms with Crippen LogP contribution in [0.25, 0.3) is 10.1 Å². The Hall–Kier alpha value is -3.46. The summed E-state index contributed by atoms with van der Waals surface area (Å²) in [7, 11) is 3.29. The summed E-state index contributed by atoms with van der Waals surface area (Å²) >= 11 is 13.0. The highest BCUT2D eigenvalue weighted by atomic mass is 35.5. The molecule has 172 valence electrons. The Morgan fingerprint density at radius 2 is 1.79 bits per heavy atom. The van der Waals surface area contributed by atoms with E-state index < -0.39 is 5.91 Å². The van der Waals surface area contributed by atoms with E-state index in [1.165, 1.54) is 11.3 Å². The van der Waals surface area contributed by atoms with Gasteiger partial charge >= 0.3 is 0 Å². The summed E-state index contributed by atoms with van der Waals surface area (Å²) in [5, 5.41) is 6.84. The van der Waals surface area contributed by atoms with Gasteiger partial charge in [0.25, 0.3) is 11.8 Å². The monoisotopic (exact) mass is 509 g/mol. The van der Waals surface area contributed by atoms with E-state index in [4.69, 9.17) is 28.6 Å². The number of fused-ring (bicyclic) bond motifs is 1. The molecule has 0 aliphatic carbocycles. The van der Waals surface area contributed by atoms with Gasteiger partial charge in [-0.15, -0.1) is 11.3 Å². The van der Waals surface area contributed by atoms with Crippen LogP contribution in [0.2, 0.25) is 5.02 Å². The zero-order chi connectivity index (χ0) is 24.2. The molecule has 0 aliphatic rings. The number of nitrogens with one attached hydrogen (secondary N) is 2. The number of halogens is 1. The predicted molar refractivity (Wildman–Crippen MR) is 143 cm³/mol. The van der Waals surface area contributed by atoms with Crippen molar-refractivity contribution in [3.05, 3.63) is 88.3 Å². The van der Waals surface area contributed by atoms with Crippen LogP contribution in [0, 0.1) is 0 Å². The van der Waals surface area contributed by atoms with E-state index in [2.05, 4.69) is 10.6 Å². The van der Waals surface area contributed by atoms with Gasteiger partial charge in [-0.1, -0.05) is 35.9 Å². The first-order chi connectivity index (χ1) is 16.4. The Balaban J connectivity index is 1.45. The highest BCUT2D eigenvalue weighted by Gasteiger charge is 2.19. The largest absolute Gasteiger partial charge is 0.497 e. The summed E-state index contributed by atoms with van der Waals surface area (Å²) in [6.45, 7) is 0. The lowest BCUT2D eigenvalue weighted by Crippen LogP contribution is -2.34. The SMILES string of the molecule is COc1ccc2c(Cl)c(C(=O)NC(=S)Nc3cccc(C(=O)N(C)c4ccccc4)c3)sc2c1. The molecule has 0 bridgehead atoms. The third-order valence-corrected chi connectivity index (χ3v) is 6.95. The number of rotatable bonds is 5. The first kappa shape index (κ1) is 23.7. The van der Waals surface area contributed by atoms with Crippen LogP contribution in [0.3, 0.4) is 0 Å². The van der Waals surface area contributed by atoms with Crippen molar-refractivity contribution in [2.24, 2.45) is 0 Å². The molecule has 4 rings (SSSR count). The molecule has 2 N–H and O–H groups in total. The van der Waals surface area contributed by atoms with Crippen molar-refractivity contribution in [3.63, 3.8) is 0 Å². The predicted octanol–water partition coefficient (Wildman–Crippen LogP) is 5.97. The van der Waals surface area contributed by atoms with Crippen LogP contribution < -0.4 is 20.3 Å². The molecular formula is C25H20ClN3O3S2. The molecule has 4 aromatic rings. The molecule has 9 heteroatoms. The Kier molecular flexibility index (Phi) is 7.12. The Morgan fingerprint density at radius 3 is 2.53 bits per heavy atom. The Morgan fingerprint density at radius 1 is 1.03 bits per heavy atom. The van der Waals surface area contributed by atoms with Gasteiger partial charge in [0.05, 0.1) is 12.1 Å². The average molecular weight is 510 g/mol. The van der Waals surface area contributed by atoms with Crippen LogP contribution in [0.5, 0.6) is 5.75 Å². The number of thiophene rings is 1. The summed E-state index contributed by atoms with van der Waals surface area (Å²) in [6.07, 6.45) is 0. The number of benzene rings is 3. The third kappa shape index (κ3) is 5.04. The van der Waals surface area contributed by atoms with E-state index in [1.54, 1.807) is 49.4 Å². The fraction of sp³-hybridized carbons (Fsp3) is 0.0800. The van der Waals surface area contributed by atoms with Crippen molar-refractivity contribution < 1.29 is 14.3 Å². The summed E-state index contributed by atoms with van der Waals surface area (Å²) in [5.74, 6) is 0.0953. The van der Waals surface area contributed by atoms with E-state index in [9.17, 15) is 9.59 Å². The van der Waals surface area contributed by atoms with Crippen LogP contribution in [0.1, 0.15) is 20.0 Å². The second kappa shape index (κ2) is 10.2. The van der Waals surface area contributed by atoms with Crippen molar-refractivity contribution in [1.29, 1.82) is 0 Å². The van der Waals surface area contributed by atoms with Crippen LogP contribution >= 0.6 is 35.2 Å². The molecular weight excluding hydrogens is 490 g/mol. The summed E-state index contributed by atoms with van der Waals surface area (Å²) in [6, 6.07) is 21.7. The average Bonchev–Trinajstić information content (AvgIpc) is 3.19. The van der Waals surface area contributed by atoms with E-state index >= 15 is 0 Å². The molecule has 0 radical (unpaired) electrons. The molecule has 0 saturated heterocycles. The molecule has 0 spiro atoms. The van der Waals surface area contributed by atoms with Gasteiger partial charge in [0, 0.05) is 34.1 Å². The van der Waals surface area contributed by atoms with Gasteiger partial charge < -0.3 is 15.0 Å². The van der Waals surface area contributed by atoms with E-state index in [0.717, 1.165) is 15.8 Å². The van der Waals surface area contributed by atoms with E-state index in [-0.39, 0.29) is 11.0 Å². The standard InChI is InChI=1S/C25H20ClN3O3S2/c1-29(17-9-4-3-5-10-17)24(31)15-7-6-8-16(13-15)27-25(33)28-23(30)22-21(26)19-12-11-18(32-2)14-20(19)34-22/h3-14H,1-2H3,(H2,27,28,30,33). The van der Waals surface area contributed by atoms with Crippen LogP contribution in [-0.2, 0) is 0 Å². The number of nitrogens with zero attached hydrogens (tertiary/aromatic N) is 1. The number of hydrogen-bond donors (Lipinski definition) is 2. The van der Waals surface area contributed by atoms with Crippen LogP contribution in [0.4, 0.5) is 11.4 Å². The Bertz CT molecular complexity index is 1390. The third-order valence-electron chi connectivity index (χ3n) is 5.09. The second-order valence-corrected chi connectivity index (χ2v) is 9.13. The number of carbonyl (C=O) groups excluding carboxylic acids is 2. The minimum Gasteiger partial charge on any atom is -0.497 e. The van der Waals surface area contributed by atoms with Gasteiger partial charge in [-0.2, -0.15) is 0 Å². The van der Waals surface area contributed by atoms with Crippen LogP contribution in [0.15, 0.2) is 72.8 Å². The van der Waals surface area contributed by atoms with Gasteiger partial charge in [-0.3, -0.25) is 14.9 Å². The molecule has 6 nitrogen and oxygen atoms in total. The lowest BCUT2D eigenvalue weighted by Gasteiger charge is -2.18. The number of carbonyl (C=O) groups is 2. The van der Waals surface area contributed by atoms with Crippen molar-refractivity contribution in [1.82, 2.24) is 5.32 Å². The second-order valence-electron chi connectivity index (χ2n) is 7.30. The number of amides is 2. The highest BCUT2D eigenvalue weighted by molar-refractivity contribution is 7.80. The molecule has 0 atom stereocenters. The smallest absolute Gasteiger partial charge is 0.269 e. The number of hydrogen-bond acceptors (Lipinski definition) is 5. The van der Waals surface area contributed by atoms with E-state index in [1.807, 2.05) is 42.5 Å². The van der Waals surface area contributed by atoms with Crippen molar-refractivity contribution in [2.75, 3.05) is 24.4 Å². The molecule has 2 amide bonds. The first-order valence-corrected chi connectivity index (χ1v) is 11.8. The number of methoxy groups -OCH3 is 1. The number of thiocarbonyl (C=S) groups is 1. The maximum atomic E-state index is 12.9. The summed E-state index contributed by atoms with van der Waals surface area (Å²) in [5.41, 5.74) is 1.84. The first-order valence-electron chi connectivity index (χ1n) is 10.2. The molecule has 1 heterocycles. The molecule has 0 saturated carbocycles. The number of ether oxygens (including phenoxy) is 1. The maximum Gasteiger partial charge on any atom is 0.269 e. The van der Waals surface area contributed by atoms with Gasteiger partial charge in [0.2, 0.25) is 0 Å². The molecule has 0 aliphatic heterocycles. The maximum absolute atomic E-state index is 12.9. The molecule has 0 fully saturated rings. The van der Waals surface area contributed by atoms with E-state index in [0.29, 0.717) is 26.9 Å². The minimum absolute atomic E-state index is 0.0946. The fourth-order valence-corrected chi connectivity index (χ4v) is 4.98. The minimum atomic E-state index is -0.418. The topological polar surface area (TPSA) is 70.7 Å². The normalized spacial score (nSPS) is 10.6. The summed E-state index contributed by atoms with van der Waals surface area (Å²) < 4.78 is 6.07. The van der Waals surface area contributed by atoms with Gasteiger partial charge in [-0.25, -0.2) is 0 Å². The van der Waals surface area contributed by atoms with Crippen molar-refractivity contribution in [3.8, 4) is 5.75 Å². The molecule has 1 aromatic heterocycles. The molecule has 34 heavy (non-hydrogen) atoms. The molecule has 0 unspecified atom stereocenters. The fourth-order valence-electron chi connectivity index (χ4n) is 3.33. The quantitative estimate of drug-likeness (QED) is 0.324. The zero-order valence-electron chi connectivity index (χ0n) is 18.3. The number of para-hydroxylation sites is 1. The number of anilines is 2. The van der Waals surface area contributed by atoms with Gasteiger partial charge in [-0.05, 0) is 60.7 Å². The lowest BCUT2D eigenvalue weighted by molar-refractivity contribution is 0.0977. The van der Waals surface area contributed by atoms with Crippen molar-refractivity contribution in [2.45, 2.75) is 0 Å². The van der Waals surface area contributed by atoms with Crippen LogP contribution in [-0.4, -0.2) is 31.1 Å².